The second kappa shape index (κ2) is 4.03. The summed E-state index contributed by atoms with van der Waals surface area (Å²) in [5, 5.41) is 2.65. The lowest BCUT2D eigenvalue weighted by Gasteiger charge is -2.32. The number of rotatable bonds is 1. The Hall–Kier alpha value is -1.13. The molecular weight excluding hydrogens is 218 g/mol. The molecule has 0 aliphatic carbocycles. The summed E-state index contributed by atoms with van der Waals surface area (Å²) in [7, 11) is 2.19. The van der Waals surface area contributed by atoms with E-state index in [0.717, 1.165) is 26.2 Å². The van der Waals surface area contributed by atoms with Gasteiger partial charge in [-0.1, -0.05) is 0 Å². The summed E-state index contributed by atoms with van der Waals surface area (Å²) in [5.74, 6) is 0. The lowest BCUT2D eigenvalue weighted by molar-refractivity contribution is 0.313. The Morgan fingerprint density at radius 3 is 2.81 bits per heavy atom. The highest BCUT2D eigenvalue weighted by Crippen LogP contribution is 2.32. The fourth-order valence-corrected chi connectivity index (χ4v) is 3.13. The number of thiophene rings is 1. The number of pyridine rings is 1. The molecule has 0 aromatic carbocycles. The summed E-state index contributed by atoms with van der Waals surface area (Å²) < 4.78 is 1.34. The van der Waals surface area contributed by atoms with Gasteiger partial charge in [0, 0.05) is 48.7 Å². The highest BCUT2D eigenvalue weighted by Gasteiger charge is 2.15. The van der Waals surface area contributed by atoms with Crippen LogP contribution in [0, 0.1) is 0 Å². The van der Waals surface area contributed by atoms with Gasteiger partial charge in [0.05, 0.1) is 5.00 Å². The Labute approximate surface area is 99.3 Å². The Morgan fingerprint density at radius 1 is 1.25 bits per heavy atom. The van der Waals surface area contributed by atoms with Crippen molar-refractivity contribution in [2.45, 2.75) is 0 Å². The van der Waals surface area contributed by atoms with Crippen molar-refractivity contribution in [3.63, 3.8) is 0 Å². The van der Waals surface area contributed by atoms with E-state index in [-0.39, 0.29) is 0 Å². The van der Waals surface area contributed by atoms with Gasteiger partial charge in [-0.3, -0.25) is 4.98 Å². The van der Waals surface area contributed by atoms with Crippen LogP contribution in [-0.2, 0) is 0 Å². The van der Waals surface area contributed by atoms with Gasteiger partial charge in [-0.25, -0.2) is 0 Å². The van der Waals surface area contributed by atoms with Crippen LogP contribution in [0.1, 0.15) is 0 Å². The molecule has 1 aliphatic rings. The average molecular weight is 233 g/mol. The molecule has 0 radical (unpaired) electrons. The van der Waals surface area contributed by atoms with Crippen molar-refractivity contribution >= 4 is 26.4 Å². The second-order valence-electron chi connectivity index (χ2n) is 4.29. The van der Waals surface area contributed by atoms with Crippen molar-refractivity contribution in [3.05, 3.63) is 24.5 Å². The van der Waals surface area contributed by atoms with Crippen LogP contribution >= 0.6 is 11.3 Å². The minimum atomic E-state index is 1.14. The second-order valence-corrected chi connectivity index (χ2v) is 5.35. The zero-order valence-electron chi connectivity index (χ0n) is 9.39. The van der Waals surface area contributed by atoms with Gasteiger partial charge in [-0.05, 0) is 19.2 Å². The summed E-state index contributed by atoms with van der Waals surface area (Å²) >= 11 is 1.87. The summed E-state index contributed by atoms with van der Waals surface area (Å²) in [5.41, 5.74) is 0. The van der Waals surface area contributed by atoms with E-state index in [2.05, 4.69) is 34.0 Å². The van der Waals surface area contributed by atoms with Crippen molar-refractivity contribution < 1.29 is 0 Å². The first-order chi connectivity index (χ1) is 7.83. The van der Waals surface area contributed by atoms with Crippen LogP contribution in [0.4, 0.5) is 5.00 Å². The number of piperazine rings is 1. The predicted octanol–water partition coefficient (Wildman–Crippen LogP) is 2.05. The van der Waals surface area contributed by atoms with E-state index in [0.29, 0.717) is 0 Å². The van der Waals surface area contributed by atoms with Crippen molar-refractivity contribution in [2.24, 2.45) is 0 Å². The summed E-state index contributed by atoms with van der Waals surface area (Å²) in [4.78, 5) is 9.02. The molecule has 0 amide bonds. The minimum Gasteiger partial charge on any atom is -0.361 e. The highest BCUT2D eigenvalue weighted by molar-refractivity contribution is 7.22. The zero-order valence-corrected chi connectivity index (χ0v) is 10.2. The zero-order chi connectivity index (χ0) is 11.0. The molecule has 84 valence electrons. The fourth-order valence-electron chi connectivity index (χ4n) is 2.05. The number of hydrogen-bond acceptors (Lipinski definition) is 4. The molecule has 0 saturated carbocycles. The molecule has 0 bridgehead atoms. The van der Waals surface area contributed by atoms with Gasteiger partial charge in [0.15, 0.2) is 0 Å². The molecule has 3 heterocycles. The van der Waals surface area contributed by atoms with Gasteiger partial charge >= 0.3 is 0 Å². The number of nitrogens with zero attached hydrogens (tertiary/aromatic N) is 3. The van der Waals surface area contributed by atoms with Crippen LogP contribution in [0.25, 0.3) is 10.1 Å². The van der Waals surface area contributed by atoms with Crippen LogP contribution in [0.15, 0.2) is 24.5 Å². The van der Waals surface area contributed by atoms with Gasteiger partial charge in [-0.2, -0.15) is 0 Å². The molecule has 1 fully saturated rings. The van der Waals surface area contributed by atoms with E-state index < -0.39 is 0 Å². The number of aromatic nitrogens is 1. The Kier molecular flexibility index (Phi) is 2.53. The molecule has 0 N–H and O–H groups in total. The number of hydrogen-bond donors (Lipinski definition) is 0. The van der Waals surface area contributed by atoms with Crippen molar-refractivity contribution in [3.8, 4) is 0 Å². The molecule has 2 aromatic rings. The van der Waals surface area contributed by atoms with Crippen LogP contribution in [-0.4, -0.2) is 43.1 Å². The lowest BCUT2D eigenvalue weighted by atomic mass is 10.3. The molecule has 16 heavy (non-hydrogen) atoms. The lowest BCUT2D eigenvalue weighted by Crippen LogP contribution is -2.44. The maximum atomic E-state index is 4.16. The van der Waals surface area contributed by atoms with E-state index in [1.54, 1.807) is 0 Å². The molecule has 0 spiro atoms. The quantitative estimate of drug-likeness (QED) is 0.751. The molecule has 3 rings (SSSR count). The summed E-state index contributed by atoms with van der Waals surface area (Å²) in [6.45, 7) is 4.59. The smallest absolute Gasteiger partial charge is 0.0922 e. The molecule has 1 aliphatic heterocycles. The third kappa shape index (κ3) is 1.79. The maximum Gasteiger partial charge on any atom is 0.0922 e. The Bertz CT molecular complexity index is 453. The third-order valence-corrected chi connectivity index (χ3v) is 4.30. The number of anilines is 1. The first-order valence-electron chi connectivity index (χ1n) is 5.60. The third-order valence-electron chi connectivity index (χ3n) is 3.12. The standard InChI is InChI=1S/C12H15N3S/c1-14-4-6-15(7-5-14)12-8-10-9-13-3-2-11(10)16-12/h2-3,8-9H,4-7H2,1H3. The monoisotopic (exact) mass is 233 g/mol. The van der Waals surface area contributed by atoms with Gasteiger partial charge in [0.25, 0.3) is 0 Å². The molecule has 2 aromatic heterocycles. The van der Waals surface area contributed by atoms with Gasteiger partial charge in [-0.15, -0.1) is 11.3 Å². The van der Waals surface area contributed by atoms with E-state index in [4.69, 9.17) is 0 Å². The molecular formula is C12H15N3S. The van der Waals surface area contributed by atoms with E-state index in [9.17, 15) is 0 Å². The van der Waals surface area contributed by atoms with Crippen molar-refractivity contribution in [1.82, 2.24) is 9.88 Å². The molecule has 3 nitrogen and oxygen atoms in total. The predicted molar refractivity (Wildman–Crippen MR) is 69.3 cm³/mol. The van der Waals surface area contributed by atoms with Crippen molar-refractivity contribution in [1.29, 1.82) is 0 Å². The van der Waals surface area contributed by atoms with E-state index >= 15 is 0 Å². The van der Waals surface area contributed by atoms with Crippen LogP contribution < -0.4 is 4.90 Å². The van der Waals surface area contributed by atoms with E-state index in [1.807, 2.05) is 23.7 Å². The largest absolute Gasteiger partial charge is 0.361 e. The maximum absolute atomic E-state index is 4.16. The van der Waals surface area contributed by atoms with Gasteiger partial charge in [0.2, 0.25) is 0 Å². The molecule has 1 saturated heterocycles. The number of fused-ring (bicyclic) bond motifs is 1. The summed E-state index contributed by atoms with van der Waals surface area (Å²) in [6, 6.07) is 4.36. The molecule has 4 heteroatoms. The number of likely N-dealkylation sites (N-methyl/N-ethyl adjacent to an activating group) is 1. The van der Waals surface area contributed by atoms with Crippen LogP contribution in [0.3, 0.4) is 0 Å². The first kappa shape index (κ1) is 10.1. The van der Waals surface area contributed by atoms with Crippen molar-refractivity contribution in [2.75, 3.05) is 38.1 Å². The average Bonchev–Trinajstić information content (AvgIpc) is 2.73. The SMILES string of the molecule is CN1CCN(c2cc3cnccc3s2)CC1. The highest BCUT2D eigenvalue weighted by atomic mass is 32.1. The fraction of sp³-hybridized carbons (Fsp3) is 0.417. The minimum absolute atomic E-state index is 1.14. The van der Waals surface area contributed by atoms with Gasteiger partial charge in [0.1, 0.15) is 0 Å². The van der Waals surface area contributed by atoms with Gasteiger partial charge < -0.3 is 9.80 Å². The summed E-state index contributed by atoms with van der Waals surface area (Å²) in [6.07, 6.45) is 3.82. The Balaban J connectivity index is 1.88. The molecule has 0 unspecified atom stereocenters. The Morgan fingerprint density at radius 2 is 2.06 bits per heavy atom. The molecule has 0 atom stereocenters. The first-order valence-corrected chi connectivity index (χ1v) is 6.41. The topological polar surface area (TPSA) is 19.4 Å². The van der Waals surface area contributed by atoms with Crippen LogP contribution in [0.2, 0.25) is 0 Å². The van der Waals surface area contributed by atoms with E-state index in [1.165, 1.54) is 15.1 Å². The van der Waals surface area contributed by atoms with Crippen LogP contribution in [0.5, 0.6) is 0 Å². The normalized spacial score (nSPS) is 18.2.